The molecule has 2 aromatic rings. The van der Waals surface area contributed by atoms with Crippen molar-refractivity contribution in [3.63, 3.8) is 0 Å². The molecule has 32 heavy (non-hydrogen) atoms. The van der Waals surface area contributed by atoms with Crippen molar-refractivity contribution in [1.82, 2.24) is 14.9 Å². The summed E-state index contributed by atoms with van der Waals surface area (Å²) in [6, 6.07) is 9.55. The molecular formula is C23H30FN3O3S2. The fraction of sp³-hybridized carbons (Fsp3) is 0.522. The first-order valence-corrected chi connectivity index (χ1v) is 13.6. The van der Waals surface area contributed by atoms with Crippen LogP contribution in [-0.4, -0.2) is 44.9 Å². The zero-order valence-corrected chi connectivity index (χ0v) is 19.6. The molecule has 1 aliphatic heterocycles. The predicted octanol–water partition coefficient (Wildman–Crippen LogP) is 3.68. The van der Waals surface area contributed by atoms with E-state index in [1.165, 1.54) is 23.5 Å². The quantitative estimate of drug-likeness (QED) is 0.606. The van der Waals surface area contributed by atoms with Crippen molar-refractivity contribution in [2.24, 2.45) is 5.92 Å². The van der Waals surface area contributed by atoms with Crippen LogP contribution in [0.5, 0.6) is 0 Å². The van der Waals surface area contributed by atoms with Crippen molar-refractivity contribution in [2.75, 3.05) is 19.6 Å². The second-order valence-electron chi connectivity index (χ2n) is 8.75. The Morgan fingerprint density at radius 1 is 1.09 bits per heavy atom. The van der Waals surface area contributed by atoms with Gasteiger partial charge in [0.1, 0.15) is 10.0 Å². The van der Waals surface area contributed by atoms with E-state index in [-0.39, 0.29) is 30.4 Å². The zero-order chi connectivity index (χ0) is 22.6. The van der Waals surface area contributed by atoms with Gasteiger partial charge in [-0.25, -0.2) is 17.5 Å². The highest BCUT2D eigenvalue weighted by Gasteiger charge is 2.30. The van der Waals surface area contributed by atoms with E-state index in [9.17, 15) is 17.6 Å². The van der Waals surface area contributed by atoms with Gasteiger partial charge in [0.05, 0.1) is 12.6 Å². The summed E-state index contributed by atoms with van der Waals surface area (Å²) < 4.78 is 41.3. The number of halogens is 1. The van der Waals surface area contributed by atoms with Crippen LogP contribution in [0.25, 0.3) is 0 Å². The van der Waals surface area contributed by atoms with Gasteiger partial charge in [-0.3, -0.25) is 9.69 Å². The number of hydrogen-bond acceptors (Lipinski definition) is 5. The number of carbonyl (C=O) groups excluding carboxylic acids is 1. The number of piperidine rings is 1. The lowest BCUT2D eigenvalue weighted by atomic mass is 9.91. The second-order valence-corrected chi connectivity index (χ2v) is 11.6. The standard InChI is InChI=1S/C23H30FN3O3S2/c24-19-9-7-18(8-10-19)23(17-4-1-2-5-17)25-21(28)16-27-13-11-20(12-14-27)26-32(29,30)22-6-3-15-31-22/h3,6-10,15,17,20,23,26H,1-2,4-5,11-14,16H2,(H,25,28). The van der Waals surface area contributed by atoms with Crippen LogP contribution in [0.4, 0.5) is 4.39 Å². The minimum Gasteiger partial charge on any atom is -0.348 e. The summed E-state index contributed by atoms with van der Waals surface area (Å²) in [5, 5.41) is 4.95. The number of thiophene rings is 1. The van der Waals surface area contributed by atoms with Crippen molar-refractivity contribution < 1.29 is 17.6 Å². The number of hydrogen-bond donors (Lipinski definition) is 2. The molecule has 1 aliphatic carbocycles. The molecular weight excluding hydrogens is 449 g/mol. The molecule has 0 bridgehead atoms. The highest BCUT2D eigenvalue weighted by molar-refractivity contribution is 7.91. The fourth-order valence-corrected chi connectivity index (χ4v) is 7.07. The first kappa shape index (κ1) is 23.4. The minimum absolute atomic E-state index is 0.0381. The van der Waals surface area contributed by atoms with E-state index in [1.54, 1.807) is 29.6 Å². The number of nitrogens with one attached hydrogen (secondary N) is 2. The van der Waals surface area contributed by atoms with Gasteiger partial charge in [-0.2, -0.15) is 0 Å². The fourth-order valence-electron chi connectivity index (χ4n) is 4.76. The van der Waals surface area contributed by atoms with Crippen LogP contribution in [0.2, 0.25) is 0 Å². The Hall–Kier alpha value is -1.81. The first-order valence-electron chi connectivity index (χ1n) is 11.2. The van der Waals surface area contributed by atoms with Crippen LogP contribution in [0.1, 0.15) is 50.1 Å². The molecule has 9 heteroatoms. The van der Waals surface area contributed by atoms with Crippen molar-refractivity contribution in [3.05, 3.63) is 53.2 Å². The van der Waals surface area contributed by atoms with Crippen LogP contribution in [-0.2, 0) is 14.8 Å². The number of carbonyl (C=O) groups is 1. The van der Waals surface area contributed by atoms with Gasteiger partial charge in [0, 0.05) is 19.1 Å². The number of benzene rings is 1. The lowest BCUT2D eigenvalue weighted by molar-refractivity contribution is -0.123. The molecule has 1 saturated carbocycles. The Kier molecular flexibility index (Phi) is 7.60. The lowest BCUT2D eigenvalue weighted by Gasteiger charge is -2.32. The first-order chi connectivity index (χ1) is 15.4. The monoisotopic (exact) mass is 479 g/mol. The van der Waals surface area contributed by atoms with Gasteiger partial charge in [-0.15, -0.1) is 11.3 Å². The van der Waals surface area contributed by atoms with Gasteiger partial charge < -0.3 is 5.32 Å². The van der Waals surface area contributed by atoms with Crippen molar-refractivity contribution in [2.45, 2.75) is 54.8 Å². The number of sulfonamides is 1. The van der Waals surface area contributed by atoms with E-state index < -0.39 is 10.0 Å². The third-order valence-corrected chi connectivity index (χ3v) is 9.37. The summed E-state index contributed by atoms with van der Waals surface area (Å²) in [4.78, 5) is 14.9. The summed E-state index contributed by atoms with van der Waals surface area (Å²) in [5.41, 5.74) is 0.952. The number of amides is 1. The zero-order valence-electron chi connectivity index (χ0n) is 18.0. The van der Waals surface area contributed by atoms with Crippen molar-refractivity contribution in [1.29, 1.82) is 0 Å². The predicted molar refractivity (Wildman–Crippen MR) is 123 cm³/mol. The molecule has 4 rings (SSSR count). The molecule has 174 valence electrons. The third kappa shape index (κ3) is 5.95. The summed E-state index contributed by atoms with van der Waals surface area (Å²) >= 11 is 1.21. The third-order valence-electron chi connectivity index (χ3n) is 6.45. The van der Waals surface area contributed by atoms with Crippen LogP contribution >= 0.6 is 11.3 Å². The Balaban J connectivity index is 1.29. The van der Waals surface area contributed by atoms with Gasteiger partial charge in [-0.05, 0) is 60.7 Å². The Morgan fingerprint density at radius 2 is 1.78 bits per heavy atom. The van der Waals surface area contributed by atoms with Crippen LogP contribution < -0.4 is 10.0 Å². The Bertz CT molecular complexity index is 982. The molecule has 1 atom stereocenters. The molecule has 0 radical (unpaired) electrons. The maximum absolute atomic E-state index is 13.4. The average Bonchev–Trinajstić information content (AvgIpc) is 3.49. The Morgan fingerprint density at radius 3 is 2.41 bits per heavy atom. The molecule has 1 aromatic carbocycles. The summed E-state index contributed by atoms with van der Waals surface area (Å²) in [5.74, 6) is 0.0634. The molecule has 1 aromatic heterocycles. The molecule has 2 aliphatic rings. The van der Waals surface area contributed by atoms with Gasteiger partial charge >= 0.3 is 0 Å². The number of nitrogens with zero attached hydrogens (tertiary/aromatic N) is 1. The molecule has 2 fully saturated rings. The van der Waals surface area contributed by atoms with E-state index in [0.29, 0.717) is 36.1 Å². The SMILES string of the molecule is O=C(CN1CCC(NS(=O)(=O)c2cccs2)CC1)NC(c1ccc(F)cc1)C1CCCC1. The average molecular weight is 480 g/mol. The minimum atomic E-state index is -3.47. The van der Waals surface area contributed by atoms with Crippen LogP contribution in [0.3, 0.4) is 0 Å². The van der Waals surface area contributed by atoms with Crippen LogP contribution in [0.15, 0.2) is 46.0 Å². The van der Waals surface area contributed by atoms with Gasteiger partial charge in [0.2, 0.25) is 15.9 Å². The summed E-state index contributed by atoms with van der Waals surface area (Å²) in [6.07, 6.45) is 5.79. The smallest absolute Gasteiger partial charge is 0.250 e. The maximum Gasteiger partial charge on any atom is 0.250 e. The van der Waals surface area contributed by atoms with E-state index >= 15 is 0 Å². The Labute approximate surface area is 193 Å². The van der Waals surface area contributed by atoms with E-state index in [1.807, 2.05) is 0 Å². The lowest BCUT2D eigenvalue weighted by Crippen LogP contribution is -2.48. The second kappa shape index (κ2) is 10.4. The molecule has 6 nitrogen and oxygen atoms in total. The van der Waals surface area contributed by atoms with Gasteiger partial charge in [0.15, 0.2) is 0 Å². The largest absolute Gasteiger partial charge is 0.348 e. The molecule has 2 N–H and O–H groups in total. The molecule has 1 saturated heterocycles. The maximum atomic E-state index is 13.4. The van der Waals surface area contributed by atoms with Crippen LogP contribution in [0, 0.1) is 11.7 Å². The highest BCUT2D eigenvalue weighted by atomic mass is 32.2. The number of likely N-dealkylation sites (tertiary alicyclic amines) is 1. The van der Waals surface area contributed by atoms with Gasteiger partial charge in [-0.1, -0.05) is 31.0 Å². The van der Waals surface area contributed by atoms with E-state index in [4.69, 9.17) is 0 Å². The van der Waals surface area contributed by atoms with E-state index in [0.717, 1.165) is 31.2 Å². The molecule has 2 heterocycles. The molecule has 0 spiro atoms. The summed E-state index contributed by atoms with van der Waals surface area (Å²) in [7, 11) is -3.47. The van der Waals surface area contributed by atoms with Crippen molar-refractivity contribution in [3.8, 4) is 0 Å². The van der Waals surface area contributed by atoms with Crippen molar-refractivity contribution >= 4 is 27.3 Å². The summed E-state index contributed by atoms with van der Waals surface area (Å²) in [6.45, 7) is 1.61. The topological polar surface area (TPSA) is 78.5 Å². The molecule has 1 unspecified atom stereocenters. The highest BCUT2D eigenvalue weighted by Crippen LogP contribution is 2.35. The van der Waals surface area contributed by atoms with Gasteiger partial charge in [0.25, 0.3) is 0 Å². The molecule has 1 amide bonds. The number of rotatable bonds is 8. The normalized spacial score (nSPS) is 19.8. The van der Waals surface area contributed by atoms with E-state index in [2.05, 4.69) is 14.9 Å².